The van der Waals surface area contributed by atoms with Gasteiger partial charge in [-0.15, -0.1) is 11.8 Å². The lowest BCUT2D eigenvalue weighted by Gasteiger charge is -2.11. The number of nitrogens with one attached hydrogen (secondary N) is 1. The van der Waals surface area contributed by atoms with E-state index in [1.807, 2.05) is 31.4 Å². The molecule has 0 unspecified atom stereocenters. The average Bonchev–Trinajstić information content (AvgIpc) is 2.66. The van der Waals surface area contributed by atoms with E-state index in [4.69, 9.17) is 14.2 Å². The van der Waals surface area contributed by atoms with Gasteiger partial charge in [0.2, 0.25) is 0 Å². The zero-order valence-corrected chi connectivity index (χ0v) is 15.7. The van der Waals surface area contributed by atoms with E-state index in [2.05, 4.69) is 5.32 Å². The van der Waals surface area contributed by atoms with Gasteiger partial charge in [0, 0.05) is 4.90 Å². The SMILES string of the molecule is CCOc1cc(C(=O)OCC(=O)Nc2ccccc2SC)ccc1OC. The summed E-state index contributed by atoms with van der Waals surface area (Å²) in [7, 11) is 1.52. The first kappa shape index (κ1) is 19.7. The second-order valence-corrected chi connectivity index (χ2v) is 5.97. The van der Waals surface area contributed by atoms with E-state index in [1.54, 1.807) is 18.2 Å². The van der Waals surface area contributed by atoms with Gasteiger partial charge in [0.15, 0.2) is 18.1 Å². The predicted molar refractivity (Wildman–Crippen MR) is 101 cm³/mol. The second kappa shape index (κ2) is 9.72. The van der Waals surface area contributed by atoms with Crippen LogP contribution < -0.4 is 14.8 Å². The molecular weight excluding hydrogens is 354 g/mol. The normalized spacial score (nSPS) is 10.1. The number of hydrogen-bond acceptors (Lipinski definition) is 6. The summed E-state index contributed by atoms with van der Waals surface area (Å²) in [5, 5.41) is 2.74. The van der Waals surface area contributed by atoms with Crippen LogP contribution in [0.15, 0.2) is 47.4 Å². The van der Waals surface area contributed by atoms with Crippen molar-refractivity contribution in [2.24, 2.45) is 0 Å². The number of para-hydroxylation sites is 1. The summed E-state index contributed by atoms with van der Waals surface area (Å²) < 4.78 is 15.7. The molecule has 0 bridgehead atoms. The lowest BCUT2D eigenvalue weighted by molar-refractivity contribution is -0.119. The van der Waals surface area contributed by atoms with Crippen molar-refractivity contribution in [1.82, 2.24) is 0 Å². The summed E-state index contributed by atoms with van der Waals surface area (Å²) in [5.41, 5.74) is 0.968. The lowest BCUT2D eigenvalue weighted by Crippen LogP contribution is -2.21. The highest BCUT2D eigenvalue weighted by atomic mass is 32.2. The Balaban J connectivity index is 1.97. The van der Waals surface area contributed by atoms with Crippen LogP contribution in [0.4, 0.5) is 5.69 Å². The van der Waals surface area contributed by atoms with Crippen molar-refractivity contribution in [2.45, 2.75) is 11.8 Å². The molecule has 0 saturated heterocycles. The van der Waals surface area contributed by atoms with E-state index in [1.165, 1.54) is 24.9 Å². The van der Waals surface area contributed by atoms with Gasteiger partial charge >= 0.3 is 5.97 Å². The molecule has 0 aromatic heterocycles. The predicted octanol–water partition coefficient (Wildman–Crippen LogP) is 3.61. The van der Waals surface area contributed by atoms with Gasteiger partial charge in [0.25, 0.3) is 5.91 Å². The van der Waals surface area contributed by atoms with Crippen LogP contribution in [0, 0.1) is 0 Å². The van der Waals surface area contributed by atoms with Gasteiger partial charge in [0.05, 0.1) is 25.0 Å². The number of rotatable bonds is 8. The van der Waals surface area contributed by atoms with Crippen LogP contribution in [0.25, 0.3) is 0 Å². The summed E-state index contributed by atoms with van der Waals surface area (Å²) in [6, 6.07) is 12.1. The Hall–Kier alpha value is -2.67. The first-order valence-electron chi connectivity index (χ1n) is 7.99. The van der Waals surface area contributed by atoms with Crippen molar-refractivity contribution in [3.8, 4) is 11.5 Å². The fourth-order valence-electron chi connectivity index (χ4n) is 2.22. The standard InChI is InChI=1S/C19H21NO5S/c1-4-24-16-11-13(9-10-15(16)23-2)19(22)25-12-18(21)20-14-7-5-6-8-17(14)26-3/h5-11H,4,12H2,1-3H3,(H,20,21). The second-order valence-electron chi connectivity index (χ2n) is 5.12. The molecule has 0 aliphatic rings. The monoisotopic (exact) mass is 375 g/mol. The smallest absolute Gasteiger partial charge is 0.338 e. The van der Waals surface area contributed by atoms with Crippen molar-refractivity contribution in [1.29, 1.82) is 0 Å². The number of esters is 1. The number of amides is 1. The minimum Gasteiger partial charge on any atom is -0.493 e. The van der Waals surface area contributed by atoms with E-state index in [0.717, 1.165) is 4.90 Å². The largest absolute Gasteiger partial charge is 0.493 e. The number of ether oxygens (including phenoxy) is 3. The number of thioether (sulfide) groups is 1. The van der Waals surface area contributed by atoms with Gasteiger partial charge < -0.3 is 19.5 Å². The third-order valence-electron chi connectivity index (χ3n) is 3.41. The minimum absolute atomic E-state index is 0.284. The highest BCUT2D eigenvalue weighted by Gasteiger charge is 2.14. The number of benzene rings is 2. The lowest BCUT2D eigenvalue weighted by atomic mass is 10.2. The zero-order valence-electron chi connectivity index (χ0n) is 14.9. The van der Waals surface area contributed by atoms with Crippen LogP contribution in [0.2, 0.25) is 0 Å². The summed E-state index contributed by atoms with van der Waals surface area (Å²) in [4.78, 5) is 25.2. The molecule has 7 heteroatoms. The summed E-state index contributed by atoms with van der Waals surface area (Å²) in [6.45, 7) is 1.89. The minimum atomic E-state index is -0.609. The molecule has 1 N–H and O–H groups in total. The quantitative estimate of drug-likeness (QED) is 0.561. The Morgan fingerprint density at radius 2 is 1.88 bits per heavy atom. The number of methoxy groups -OCH3 is 1. The summed E-state index contributed by atoms with van der Waals surface area (Å²) >= 11 is 1.52. The van der Waals surface area contributed by atoms with Crippen molar-refractivity contribution >= 4 is 29.3 Å². The molecule has 0 heterocycles. The van der Waals surface area contributed by atoms with Crippen molar-refractivity contribution in [3.05, 3.63) is 48.0 Å². The Bertz CT molecular complexity index is 778. The molecular formula is C19H21NO5S. The molecule has 0 aliphatic heterocycles. The Kier molecular flexibility index (Phi) is 7.35. The average molecular weight is 375 g/mol. The van der Waals surface area contributed by atoms with Crippen molar-refractivity contribution in [2.75, 3.05) is 31.9 Å². The molecule has 0 saturated carbocycles. The first-order chi connectivity index (χ1) is 12.6. The van der Waals surface area contributed by atoms with Crippen LogP contribution in [0.5, 0.6) is 11.5 Å². The van der Waals surface area contributed by atoms with Crippen LogP contribution in [-0.2, 0) is 9.53 Å². The Morgan fingerprint density at radius 1 is 1.12 bits per heavy atom. The number of carbonyl (C=O) groups excluding carboxylic acids is 2. The highest BCUT2D eigenvalue weighted by Crippen LogP contribution is 2.28. The third kappa shape index (κ3) is 5.16. The van der Waals surface area contributed by atoms with Crippen LogP contribution >= 0.6 is 11.8 Å². The number of hydrogen-bond donors (Lipinski definition) is 1. The molecule has 0 aliphatic carbocycles. The van der Waals surface area contributed by atoms with Gasteiger partial charge in [-0.2, -0.15) is 0 Å². The number of carbonyl (C=O) groups is 2. The maximum atomic E-state index is 12.2. The maximum absolute atomic E-state index is 12.2. The van der Waals surface area contributed by atoms with E-state index < -0.39 is 11.9 Å². The Labute approximate surface area is 156 Å². The molecule has 26 heavy (non-hydrogen) atoms. The van der Waals surface area contributed by atoms with E-state index in [-0.39, 0.29) is 12.2 Å². The highest BCUT2D eigenvalue weighted by molar-refractivity contribution is 7.98. The molecule has 138 valence electrons. The molecule has 2 rings (SSSR count). The van der Waals surface area contributed by atoms with E-state index >= 15 is 0 Å². The maximum Gasteiger partial charge on any atom is 0.338 e. The third-order valence-corrected chi connectivity index (χ3v) is 4.21. The fourth-order valence-corrected chi connectivity index (χ4v) is 2.77. The van der Waals surface area contributed by atoms with E-state index in [0.29, 0.717) is 23.8 Å². The molecule has 0 spiro atoms. The van der Waals surface area contributed by atoms with E-state index in [9.17, 15) is 9.59 Å². The Morgan fingerprint density at radius 3 is 2.58 bits per heavy atom. The zero-order chi connectivity index (χ0) is 18.9. The van der Waals surface area contributed by atoms with Gasteiger partial charge in [-0.3, -0.25) is 4.79 Å². The van der Waals surface area contributed by atoms with Crippen LogP contribution in [-0.4, -0.2) is 38.5 Å². The van der Waals surface area contributed by atoms with Gasteiger partial charge in [-0.1, -0.05) is 12.1 Å². The van der Waals surface area contributed by atoms with Crippen molar-refractivity contribution in [3.63, 3.8) is 0 Å². The molecule has 2 aromatic rings. The molecule has 0 atom stereocenters. The number of anilines is 1. The fraction of sp³-hybridized carbons (Fsp3) is 0.263. The molecule has 6 nitrogen and oxygen atoms in total. The molecule has 1 amide bonds. The van der Waals surface area contributed by atoms with Crippen LogP contribution in [0.1, 0.15) is 17.3 Å². The van der Waals surface area contributed by atoms with Gasteiger partial charge in [-0.25, -0.2) is 4.79 Å². The molecule has 2 aromatic carbocycles. The molecule has 0 fully saturated rings. The summed E-state index contributed by atoms with van der Waals surface area (Å²) in [5.74, 6) is -0.0436. The van der Waals surface area contributed by atoms with Crippen LogP contribution in [0.3, 0.4) is 0 Å². The summed E-state index contributed by atoms with van der Waals surface area (Å²) in [6.07, 6.45) is 1.92. The van der Waals surface area contributed by atoms with Gasteiger partial charge in [0.1, 0.15) is 0 Å². The topological polar surface area (TPSA) is 73.9 Å². The molecule has 0 radical (unpaired) electrons. The van der Waals surface area contributed by atoms with Gasteiger partial charge in [-0.05, 0) is 43.5 Å². The first-order valence-corrected chi connectivity index (χ1v) is 9.22. The van der Waals surface area contributed by atoms with Crippen molar-refractivity contribution < 1.29 is 23.8 Å².